The number of nitrogens with zero attached hydrogens (tertiary/aromatic N) is 4. The van der Waals surface area contributed by atoms with Crippen LogP contribution < -0.4 is 4.72 Å². The Bertz CT molecular complexity index is 1490. The molecule has 0 unspecified atom stereocenters. The van der Waals surface area contributed by atoms with Gasteiger partial charge in [-0.1, -0.05) is 36.4 Å². The summed E-state index contributed by atoms with van der Waals surface area (Å²) in [6, 6.07) is 16.2. The number of fused-ring (bicyclic) bond motifs is 1. The number of aliphatic hydroxyl groups is 1. The van der Waals surface area contributed by atoms with Crippen molar-refractivity contribution < 1.29 is 17.9 Å². The van der Waals surface area contributed by atoms with Crippen LogP contribution in [0.25, 0.3) is 21.3 Å². The lowest BCUT2D eigenvalue weighted by Crippen LogP contribution is -2.33. The van der Waals surface area contributed by atoms with E-state index in [1.807, 2.05) is 24.3 Å². The molecule has 3 heterocycles. The van der Waals surface area contributed by atoms with Crippen molar-refractivity contribution in [2.24, 2.45) is 0 Å². The second-order valence-electron chi connectivity index (χ2n) is 8.04. The van der Waals surface area contributed by atoms with Crippen molar-refractivity contribution >= 4 is 31.8 Å². The highest BCUT2D eigenvalue weighted by Gasteiger charge is 2.45. The molecule has 2 aromatic carbocycles. The van der Waals surface area contributed by atoms with Crippen molar-refractivity contribution in [2.45, 2.75) is 31.7 Å². The first-order chi connectivity index (χ1) is 16.0. The molecule has 33 heavy (non-hydrogen) atoms. The molecule has 4 aromatic rings. The van der Waals surface area contributed by atoms with Crippen molar-refractivity contribution in [3.63, 3.8) is 0 Å². The van der Waals surface area contributed by atoms with Crippen molar-refractivity contribution in [2.75, 3.05) is 0 Å². The maximum absolute atomic E-state index is 12.2. The van der Waals surface area contributed by atoms with Gasteiger partial charge in [0.05, 0.1) is 34.8 Å². The summed E-state index contributed by atoms with van der Waals surface area (Å²) in [4.78, 5) is 4.67. The van der Waals surface area contributed by atoms with Gasteiger partial charge in [-0.3, -0.25) is 4.72 Å². The Morgan fingerprint density at radius 3 is 2.58 bits per heavy atom. The fourth-order valence-corrected chi connectivity index (χ4v) is 6.37. The van der Waals surface area contributed by atoms with E-state index < -0.39 is 10.2 Å². The van der Waals surface area contributed by atoms with Crippen LogP contribution in [0, 0.1) is 0 Å². The lowest BCUT2D eigenvalue weighted by atomic mass is 10.1. The summed E-state index contributed by atoms with van der Waals surface area (Å²) in [5, 5.41) is 19.3. The van der Waals surface area contributed by atoms with Gasteiger partial charge < -0.3 is 9.52 Å². The first kappa shape index (κ1) is 20.2. The van der Waals surface area contributed by atoms with Crippen molar-refractivity contribution in [3.8, 4) is 11.1 Å². The zero-order valence-electron chi connectivity index (χ0n) is 17.3. The maximum atomic E-state index is 12.2. The van der Waals surface area contributed by atoms with Crippen molar-refractivity contribution in [1.82, 2.24) is 24.2 Å². The molecule has 0 radical (unpaired) electrons. The minimum absolute atomic E-state index is 0.00155. The molecule has 168 valence electrons. The smallest absolute Gasteiger partial charge is 0.326 e. The Hall–Kier alpha value is -3.44. The van der Waals surface area contributed by atoms with Gasteiger partial charge >= 0.3 is 10.2 Å². The van der Waals surface area contributed by atoms with Gasteiger partial charge in [-0.15, -0.1) is 21.5 Å². The molecule has 0 bridgehead atoms. The number of benzene rings is 2. The van der Waals surface area contributed by atoms with Crippen molar-refractivity contribution in [3.05, 3.63) is 76.9 Å². The first-order valence-corrected chi connectivity index (χ1v) is 12.7. The lowest BCUT2D eigenvalue weighted by molar-refractivity contribution is 0.278. The number of rotatable bonds is 6. The summed E-state index contributed by atoms with van der Waals surface area (Å²) in [6.07, 6.45) is 1.84. The summed E-state index contributed by atoms with van der Waals surface area (Å²) in [7, 11) is -3.76. The molecule has 1 aliphatic carbocycles. The molecule has 2 aromatic heterocycles. The fourth-order valence-electron chi connectivity index (χ4n) is 3.86. The van der Waals surface area contributed by atoms with Gasteiger partial charge in [0.2, 0.25) is 17.7 Å². The van der Waals surface area contributed by atoms with Crippen LogP contribution in [0.3, 0.4) is 0 Å². The molecule has 0 amide bonds. The number of thiazole rings is 1. The SMILES string of the molecule is O=S1(=O)NC(Cc2nnc(Cc3nc4ccc(-c5ccccc5)cc4s3)o2)=C(O)N1C1CC1. The van der Waals surface area contributed by atoms with Crippen LogP contribution in [0.2, 0.25) is 0 Å². The summed E-state index contributed by atoms with van der Waals surface area (Å²) in [5.74, 6) is 0.310. The van der Waals surface area contributed by atoms with Crippen LogP contribution in [0.5, 0.6) is 0 Å². The molecule has 11 heteroatoms. The molecule has 0 atom stereocenters. The highest BCUT2D eigenvalue weighted by molar-refractivity contribution is 7.87. The Balaban J connectivity index is 1.19. The lowest BCUT2D eigenvalue weighted by Gasteiger charge is -2.14. The third-order valence-electron chi connectivity index (χ3n) is 5.55. The predicted octanol–water partition coefficient (Wildman–Crippen LogP) is 3.52. The van der Waals surface area contributed by atoms with Crippen LogP contribution in [-0.4, -0.2) is 39.1 Å². The molecule has 6 rings (SSSR count). The number of nitrogens with one attached hydrogen (secondary N) is 1. The van der Waals surface area contributed by atoms with Gasteiger partial charge in [0.25, 0.3) is 0 Å². The molecule has 2 aliphatic rings. The second kappa shape index (κ2) is 7.56. The minimum Gasteiger partial charge on any atom is -0.493 e. The highest BCUT2D eigenvalue weighted by atomic mass is 32.2. The molecular formula is C22H19N5O4S2. The maximum Gasteiger partial charge on any atom is 0.326 e. The quantitative estimate of drug-likeness (QED) is 0.432. The number of allylic oxidation sites excluding steroid dienone is 1. The molecular weight excluding hydrogens is 462 g/mol. The van der Waals surface area contributed by atoms with E-state index in [-0.39, 0.29) is 29.9 Å². The van der Waals surface area contributed by atoms with E-state index in [4.69, 9.17) is 4.42 Å². The number of aliphatic hydroxyl groups excluding tert-OH is 1. The van der Waals surface area contributed by atoms with E-state index in [0.717, 1.165) is 43.5 Å². The Labute approximate surface area is 193 Å². The molecule has 2 N–H and O–H groups in total. The van der Waals surface area contributed by atoms with Gasteiger partial charge in [-0.25, -0.2) is 9.29 Å². The molecule has 9 nitrogen and oxygen atoms in total. The largest absolute Gasteiger partial charge is 0.493 e. The molecule has 0 saturated heterocycles. The molecule has 1 fully saturated rings. The van der Waals surface area contributed by atoms with Crippen LogP contribution in [0.15, 0.2) is 64.5 Å². The van der Waals surface area contributed by atoms with E-state index in [1.54, 1.807) is 11.3 Å². The topological polar surface area (TPSA) is 121 Å². The summed E-state index contributed by atoms with van der Waals surface area (Å²) in [5.41, 5.74) is 3.33. The van der Waals surface area contributed by atoms with E-state index in [0.29, 0.717) is 12.3 Å². The second-order valence-corrected chi connectivity index (χ2v) is 10.7. The zero-order valence-corrected chi connectivity index (χ0v) is 18.9. The highest BCUT2D eigenvalue weighted by Crippen LogP contribution is 2.36. The number of aromatic nitrogens is 3. The van der Waals surface area contributed by atoms with E-state index in [9.17, 15) is 13.5 Å². The molecule has 0 spiro atoms. The molecule has 1 saturated carbocycles. The van der Waals surface area contributed by atoms with Gasteiger partial charge in [0, 0.05) is 0 Å². The van der Waals surface area contributed by atoms with Gasteiger partial charge in [0.1, 0.15) is 5.01 Å². The van der Waals surface area contributed by atoms with Gasteiger partial charge in [0.15, 0.2) is 0 Å². The van der Waals surface area contributed by atoms with Crippen LogP contribution in [-0.2, 0) is 23.1 Å². The predicted molar refractivity (Wildman–Crippen MR) is 122 cm³/mol. The fraction of sp³-hybridized carbons (Fsp3) is 0.227. The minimum atomic E-state index is -3.76. The summed E-state index contributed by atoms with van der Waals surface area (Å²) < 4.78 is 34.7. The number of hydrogen-bond acceptors (Lipinski definition) is 8. The third kappa shape index (κ3) is 3.83. The first-order valence-electron chi connectivity index (χ1n) is 10.5. The average molecular weight is 482 g/mol. The Morgan fingerprint density at radius 1 is 1.06 bits per heavy atom. The van der Waals surface area contributed by atoms with E-state index in [1.165, 1.54) is 0 Å². The van der Waals surface area contributed by atoms with Crippen molar-refractivity contribution in [1.29, 1.82) is 0 Å². The zero-order chi connectivity index (χ0) is 22.6. The Morgan fingerprint density at radius 2 is 1.82 bits per heavy atom. The standard InChI is InChI=1S/C22H19N5O4S2/c28-22-17(26-33(29,30)27(22)15-7-8-15)11-19-24-25-20(31-19)12-21-23-16-9-6-14(10-18(16)32-21)13-4-2-1-3-5-13/h1-6,9-10,15,26,28H,7-8,11-12H2. The van der Waals surface area contributed by atoms with Gasteiger partial charge in [-0.05, 0) is 36.1 Å². The Kier molecular flexibility index (Phi) is 4.63. The van der Waals surface area contributed by atoms with Crippen LogP contribution in [0.4, 0.5) is 0 Å². The van der Waals surface area contributed by atoms with Crippen LogP contribution in [0.1, 0.15) is 29.6 Å². The van der Waals surface area contributed by atoms with E-state index in [2.05, 4.69) is 44.2 Å². The normalized spacial score (nSPS) is 17.6. The average Bonchev–Trinajstić information content (AvgIpc) is 3.30. The number of hydrogen-bond donors (Lipinski definition) is 2. The van der Waals surface area contributed by atoms with Gasteiger partial charge in [-0.2, -0.15) is 8.42 Å². The van der Waals surface area contributed by atoms with Crippen LogP contribution >= 0.6 is 11.3 Å². The monoisotopic (exact) mass is 481 g/mol. The summed E-state index contributed by atoms with van der Waals surface area (Å²) >= 11 is 1.57. The summed E-state index contributed by atoms with van der Waals surface area (Å²) in [6.45, 7) is 0. The third-order valence-corrected chi connectivity index (χ3v) is 8.06. The van der Waals surface area contributed by atoms with E-state index >= 15 is 0 Å². The molecule has 1 aliphatic heterocycles.